The lowest BCUT2D eigenvalue weighted by molar-refractivity contribution is 0.598. The highest BCUT2D eigenvalue weighted by Crippen LogP contribution is 2.30. The number of nitrogen functional groups attached to an aromatic ring is 1. The van der Waals surface area contributed by atoms with Crippen molar-refractivity contribution in [2.75, 3.05) is 5.73 Å². The van der Waals surface area contributed by atoms with E-state index in [1.807, 2.05) is 18.2 Å². The van der Waals surface area contributed by atoms with Crippen LogP contribution >= 0.6 is 0 Å². The molecule has 0 atom stereocenters. The minimum atomic E-state index is -3.80. The number of nitriles is 1. The smallest absolute Gasteiger partial charge is 0.238 e. The average molecular weight is 364 g/mol. The maximum Gasteiger partial charge on any atom is 0.238 e. The number of sulfonamides is 1. The quantitative estimate of drug-likeness (QED) is 0.554. The van der Waals surface area contributed by atoms with Crippen LogP contribution in [0.5, 0.6) is 0 Å². The third-order valence-corrected chi connectivity index (χ3v) is 4.96. The third-order valence-electron chi connectivity index (χ3n) is 4.03. The number of rotatable bonds is 2. The van der Waals surface area contributed by atoms with E-state index in [0.29, 0.717) is 27.9 Å². The van der Waals surface area contributed by atoms with Crippen molar-refractivity contribution in [3.63, 3.8) is 0 Å². The van der Waals surface area contributed by atoms with E-state index >= 15 is 0 Å². The summed E-state index contributed by atoms with van der Waals surface area (Å²) in [4.78, 5) is 9.07. The van der Waals surface area contributed by atoms with Crippen LogP contribution in [0.2, 0.25) is 0 Å². The van der Waals surface area contributed by atoms with E-state index in [1.165, 1.54) is 12.1 Å². The Balaban J connectivity index is 2.04. The molecule has 0 aliphatic rings. The lowest BCUT2D eigenvalue weighted by Gasteiger charge is -2.08. The molecule has 0 amide bonds. The van der Waals surface area contributed by atoms with Gasteiger partial charge >= 0.3 is 0 Å². The summed E-state index contributed by atoms with van der Waals surface area (Å²) in [5.41, 5.74) is 9.04. The molecule has 9 heteroatoms. The van der Waals surface area contributed by atoms with Crippen molar-refractivity contribution in [1.29, 1.82) is 5.26 Å². The number of benzene rings is 2. The number of hydrogen-bond acceptors (Lipinski definition) is 6. The first kappa shape index (κ1) is 16.0. The Morgan fingerprint density at radius 2 is 1.62 bits per heavy atom. The Labute approximate surface area is 148 Å². The van der Waals surface area contributed by atoms with Crippen LogP contribution in [0.1, 0.15) is 5.56 Å². The van der Waals surface area contributed by atoms with Crippen LogP contribution in [0.3, 0.4) is 0 Å². The van der Waals surface area contributed by atoms with E-state index in [2.05, 4.69) is 16.0 Å². The average Bonchev–Trinajstić information content (AvgIpc) is 2.89. The second-order valence-electron chi connectivity index (χ2n) is 5.63. The van der Waals surface area contributed by atoms with Gasteiger partial charge in [-0.25, -0.2) is 23.5 Å². The van der Waals surface area contributed by atoms with Crippen LogP contribution in [-0.4, -0.2) is 23.0 Å². The predicted molar refractivity (Wildman–Crippen MR) is 96.9 cm³/mol. The summed E-state index contributed by atoms with van der Waals surface area (Å²) >= 11 is 0. The highest BCUT2D eigenvalue weighted by molar-refractivity contribution is 7.89. The van der Waals surface area contributed by atoms with Gasteiger partial charge in [0, 0.05) is 5.69 Å². The van der Waals surface area contributed by atoms with Crippen LogP contribution in [0.4, 0.5) is 5.82 Å². The maximum absolute atomic E-state index is 11.4. The minimum absolute atomic E-state index is 0.0201. The summed E-state index contributed by atoms with van der Waals surface area (Å²) in [7, 11) is -3.80. The molecule has 0 unspecified atom stereocenters. The fourth-order valence-electron chi connectivity index (χ4n) is 2.82. The summed E-state index contributed by atoms with van der Waals surface area (Å²) in [6.07, 6.45) is 0. The SMILES string of the molecule is N#Cc1c(N)n(-c2ccc(S(N)(=O)=O)cc2)c2nc3ccccc3nc12. The number of primary sulfonamides is 1. The molecule has 2 heterocycles. The van der Waals surface area contributed by atoms with E-state index in [4.69, 9.17) is 10.9 Å². The molecule has 26 heavy (non-hydrogen) atoms. The lowest BCUT2D eigenvalue weighted by atomic mass is 10.2. The first-order valence-electron chi connectivity index (χ1n) is 7.50. The number of fused-ring (bicyclic) bond motifs is 2. The van der Waals surface area contributed by atoms with Crippen LogP contribution < -0.4 is 10.9 Å². The van der Waals surface area contributed by atoms with Gasteiger partial charge in [0.2, 0.25) is 10.0 Å². The van der Waals surface area contributed by atoms with Crippen LogP contribution in [0.25, 0.3) is 27.9 Å². The molecule has 0 radical (unpaired) electrons. The molecule has 4 N–H and O–H groups in total. The van der Waals surface area contributed by atoms with Gasteiger partial charge < -0.3 is 5.73 Å². The molecule has 0 saturated carbocycles. The molecule has 4 aromatic rings. The first-order chi connectivity index (χ1) is 12.4. The largest absolute Gasteiger partial charge is 0.384 e. The molecule has 0 aliphatic carbocycles. The Hall–Kier alpha value is -3.48. The zero-order valence-corrected chi connectivity index (χ0v) is 14.1. The fourth-order valence-corrected chi connectivity index (χ4v) is 3.33. The second kappa shape index (κ2) is 5.52. The molecule has 0 saturated heterocycles. The molecule has 0 aliphatic heterocycles. The Morgan fingerprint density at radius 1 is 1.00 bits per heavy atom. The monoisotopic (exact) mass is 364 g/mol. The maximum atomic E-state index is 11.4. The highest BCUT2D eigenvalue weighted by Gasteiger charge is 2.20. The standard InChI is InChI=1S/C17H12N6O2S/c18-9-12-15-17(22-14-4-2-1-3-13(14)21-15)23(16(12)19)10-5-7-11(8-6-10)26(20,24)25/h1-8H,19H2,(H2,20,24,25). The van der Waals surface area contributed by atoms with Crippen LogP contribution in [0, 0.1) is 11.3 Å². The molecular formula is C17H12N6O2S. The van der Waals surface area contributed by atoms with Crippen molar-refractivity contribution in [2.45, 2.75) is 4.90 Å². The predicted octanol–water partition coefficient (Wildman–Crippen LogP) is 1.67. The zero-order chi connectivity index (χ0) is 18.5. The summed E-state index contributed by atoms with van der Waals surface area (Å²) in [6.45, 7) is 0. The highest BCUT2D eigenvalue weighted by atomic mass is 32.2. The van der Waals surface area contributed by atoms with Crippen molar-refractivity contribution in [3.8, 4) is 11.8 Å². The molecule has 8 nitrogen and oxygen atoms in total. The van der Waals surface area contributed by atoms with E-state index in [9.17, 15) is 13.7 Å². The van der Waals surface area contributed by atoms with Crippen molar-refractivity contribution in [3.05, 3.63) is 54.1 Å². The van der Waals surface area contributed by atoms with Crippen molar-refractivity contribution in [1.82, 2.24) is 14.5 Å². The van der Waals surface area contributed by atoms with Crippen molar-refractivity contribution < 1.29 is 8.42 Å². The van der Waals surface area contributed by atoms with E-state index in [-0.39, 0.29) is 16.3 Å². The molecule has 0 spiro atoms. The molecule has 2 aromatic carbocycles. The Bertz CT molecular complexity index is 1320. The van der Waals surface area contributed by atoms with E-state index in [0.717, 1.165) is 0 Å². The molecule has 0 bridgehead atoms. The van der Waals surface area contributed by atoms with Gasteiger partial charge in [-0.3, -0.25) is 4.57 Å². The normalized spacial score (nSPS) is 11.7. The summed E-state index contributed by atoms with van der Waals surface area (Å²) < 4.78 is 24.4. The van der Waals surface area contributed by atoms with Gasteiger partial charge in [0.1, 0.15) is 23.0 Å². The molecular weight excluding hydrogens is 352 g/mol. The molecule has 4 rings (SSSR count). The van der Waals surface area contributed by atoms with Gasteiger partial charge in [-0.15, -0.1) is 0 Å². The van der Waals surface area contributed by atoms with Gasteiger partial charge in [-0.2, -0.15) is 5.26 Å². The topological polar surface area (TPSA) is 141 Å². The molecule has 128 valence electrons. The molecule has 2 aromatic heterocycles. The minimum Gasteiger partial charge on any atom is -0.384 e. The second-order valence-corrected chi connectivity index (χ2v) is 7.19. The number of aromatic nitrogens is 3. The van der Waals surface area contributed by atoms with Gasteiger partial charge in [-0.1, -0.05) is 12.1 Å². The summed E-state index contributed by atoms with van der Waals surface area (Å²) in [5.74, 6) is 0.182. The molecule has 0 fully saturated rings. The van der Waals surface area contributed by atoms with E-state index in [1.54, 1.807) is 22.8 Å². The number of nitrogens with two attached hydrogens (primary N) is 2. The van der Waals surface area contributed by atoms with Crippen molar-refractivity contribution in [2.24, 2.45) is 5.14 Å². The third kappa shape index (κ3) is 2.36. The Morgan fingerprint density at radius 3 is 2.19 bits per heavy atom. The summed E-state index contributed by atoms with van der Waals surface area (Å²) in [5, 5.41) is 14.6. The van der Waals surface area contributed by atoms with Gasteiger partial charge in [0.15, 0.2) is 5.65 Å². The first-order valence-corrected chi connectivity index (χ1v) is 9.05. The Kier molecular flexibility index (Phi) is 3.40. The van der Waals surface area contributed by atoms with Gasteiger partial charge in [0.05, 0.1) is 15.9 Å². The van der Waals surface area contributed by atoms with E-state index < -0.39 is 10.0 Å². The van der Waals surface area contributed by atoms with Gasteiger partial charge in [0.25, 0.3) is 0 Å². The fraction of sp³-hybridized carbons (Fsp3) is 0. The van der Waals surface area contributed by atoms with Gasteiger partial charge in [-0.05, 0) is 36.4 Å². The number of anilines is 1. The van der Waals surface area contributed by atoms with Crippen LogP contribution in [-0.2, 0) is 10.0 Å². The summed E-state index contributed by atoms with van der Waals surface area (Å²) in [6, 6.07) is 15.2. The van der Waals surface area contributed by atoms with Crippen LogP contribution in [0.15, 0.2) is 53.4 Å². The number of hydrogen-bond donors (Lipinski definition) is 2. The lowest BCUT2D eigenvalue weighted by Crippen LogP contribution is -2.12. The number of para-hydroxylation sites is 2. The van der Waals surface area contributed by atoms with Crippen molar-refractivity contribution >= 4 is 38.0 Å². The number of nitrogens with zero attached hydrogens (tertiary/aromatic N) is 4. The zero-order valence-electron chi connectivity index (χ0n) is 13.3.